The van der Waals surface area contributed by atoms with E-state index in [1.54, 1.807) is 0 Å². The summed E-state index contributed by atoms with van der Waals surface area (Å²) in [7, 11) is 2.15. The van der Waals surface area contributed by atoms with E-state index in [1.165, 1.54) is 24.1 Å². The Morgan fingerprint density at radius 2 is 2.17 bits per heavy atom. The summed E-state index contributed by atoms with van der Waals surface area (Å²) in [5, 5.41) is 4.39. The van der Waals surface area contributed by atoms with Crippen LogP contribution in [0.5, 0.6) is 0 Å². The van der Waals surface area contributed by atoms with Gasteiger partial charge >= 0.3 is 0 Å². The Kier molecular flexibility index (Phi) is 4.52. The molecule has 2 nitrogen and oxygen atoms in total. The predicted molar refractivity (Wildman–Crippen MR) is 79.5 cm³/mol. The van der Waals surface area contributed by atoms with Gasteiger partial charge in [-0.25, -0.2) is 0 Å². The van der Waals surface area contributed by atoms with E-state index in [0.29, 0.717) is 6.04 Å². The summed E-state index contributed by atoms with van der Waals surface area (Å²) in [5.74, 6) is 0. The lowest BCUT2D eigenvalue weighted by Gasteiger charge is -2.28. The van der Waals surface area contributed by atoms with Crippen LogP contribution in [-0.2, 0) is 6.54 Å². The fraction of sp³-hybridized carbons (Fsp3) is 0.600. The SMILES string of the molecule is CCC(C)N(C)c1cc(Cl)ccc1CNC1CC1. The molecule has 0 aromatic heterocycles. The van der Waals surface area contributed by atoms with Gasteiger partial charge in [0.2, 0.25) is 0 Å². The highest BCUT2D eigenvalue weighted by atomic mass is 35.5. The zero-order valence-corrected chi connectivity index (χ0v) is 12.3. The van der Waals surface area contributed by atoms with Crippen LogP contribution in [0.2, 0.25) is 5.02 Å². The van der Waals surface area contributed by atoms with E-state index in [2.05, 4.69) is 43.2 Å². The molecule has 100 valence electrons. The number of nitrogens with one attached hydrogen (secondary N) is 1. The number of hydrogen-bond acceptors (Lipinski definition) is 2. The second-order valence-electron chi connectivity index (χ2n) is 5.30. The van der Waals surface area contributed by atoms with Crippen LogP contribution in [-0.4, -0.2) is 19.1 Å². The van der Waals surface area contributed by atoms with Crippen molar-refractivity contribution in [3.63, 3.8) is 0 Å². The molecule has 18 heavy (non-hydrogen) atoms. The summed E-state index contributed by atoms with van der Waals surface area (Å²) in [6.07, 6.45) is 3.78. The molecule has 0 spiro atoms. The molecule has 1 unspecified atom stereocenters. The molecule has 2 rings (SSSR count). The lowest BCUT2D eigenvalue weighted by Crippen LogP contribution is -2.29. The van der Waals surface area contributed by atoms with Crippen molar-refractivity contribution in [3.05, 3.63) is 28.8 Å². The van der Waals surface area contributed by atoms with Crippen LogP contribution < -0.4 is 10.2 Å². The second kappa shape index (κ2) is 5.94. The summed E-state index contributed by atoms with van der Waals surface area (Å²) in [5.41, 5.74) is 2.60. The van der Waals surface area contributed by atoms with Gasteiger partial charge in [0.25, 0.3) is 0 Å². The molecular weight excluding hydrogens is 244 g/mol. The van der Waals surface area contributed by atoms with Gasteiger partial charge < -0.3 is 10.2 Å². The summed E-state index contributed by atoms with van der Waals surface area (Å²) in [6.45, 7) is 5.41. The van der Waals surface area contributed by atoms with Crippen molar-refractivity contribution >= 4 is 17.3 Å². The van der Waals surface area contributed by atoms with Gasteiger partial charge in [-0.1, -0.05) is 24.6 Å². The largest absolute Gasteiger partial charge is 0.372 e. The van der Waals surface area contributed by atoms with E-state index in [-0.39, 0.29) is 0 Å². The van der Waals surface area contributed by atoms with Crippen molar-refractivity contribution in [2.75, 3.05) is 11.9 Å². The Labute approximate surface area is 115 Å². The molecule has 1 atom stereocenters. The molecular formula is C15H23ClN2. The quantitative estimate of drug-likeness (QED) is 0.842. The Hall–Kier alpha value is -0.730. The Bertz CT molecular complexity index is 401. The molecule has 1 fully saturated rings. The lowest BCUT2D eigenvalue weighted by molar-refractivity contribution is 0.649. The third-order valence-electron chi connectivity index (χ3n) is 3.84. The average molecular weight is 267 g/mol. The lowest BCUT2D eigenvalue weighted by atomic mass is 10.1. The third kappa shape index (κ3) is 3.39. The van der Waals surface area contributed by atoms with Crippen molar-refractivity contribution in [3.8, 4) is 0 Å². The standard InChI is InChI=1S/C15H23ClN2/c1-4-11(2)18(3)15-9-13(16)6-5-12(15)10-17-14-7-8-14/h5-6,9,11,14,17H,4,7-8,10H2,1-3H3. The van der Waals surface area contributed by atoms with Crippen LogP contribution in [0, 0.1) is 0 Å². The maximum Gasteiger partial charge on any atom is 0.0426 e. The van der Waals surface area contributed by atoms with E-state index in [4.69, 9.17) is 11.6 Å². The number of halogens is 1. The number of nitrogens with zero attached hydrogens (tertiary/aromatic N) is 1. The summed E-state index contributed by atoms with van der Waals surface area (Å²) >= 11 is 6.14. The van der Waals surface area contributed by atoms with Crippen LogP contribution in [0.25, 0.3) is 0 Å². The van der Waals surface area contributed by atoms with E-state index in [0.717, 1.165) is 24.0 Å². The molecule has 1 aliphatic rings. The number of rotatable bonds is 6. The average Bonchev–Trinajstić information content (AvgIpc) is 3.19. The van der Waals surface area contributed by atoms with Gasteiger partial charge in [-0.05, 0) is 43.9 Å². The van der Waals surface area contributed by atoms with Crippen LogP contribution in [0.3, 0.4) is 0 Å². The van der Waals surface area contributed by atoms with Crippen molar-refractivity contribution in [1.29, 1.82) is 0 Å². The highest BCUT2D eigenvalue weighted by Gasteiger charge is 2.21. The molecule has 1 aliphatic carbocycles. The van der Waals surface area contributed by atoms with Crippen molar-refractivity contribution in [2.45, 2.75) is 51.7 Å². The molecule has 0 heterocycles. The number of benzene rings is 1. The van der Waals surface area contributed by atoms with E-state index < -0.39 is 0 Å². The summed E-state index contributed by atoms with van der Waals surface area (Å²) in [6, 6.07) is 7.48. The molecule has 0 saturated heterocycles. The highest BCUT2D eigenvalue weighted by molar-refractivity contribution is 6.30. The van der Waals surface area contributed by atoms with Gasteiger partial charge in [0, 0.05) is 36.4 Å². The third-order valence-corrected chi connectivity index (χ3v) is 4.07. The van der Waals surface area contributed by atoms with Crippen molar-refractivity contribution in [1.82, 2.24) is 5.32 Å². The first-order valence-corrected chi connectivity index (χ1v) is 7.24. The molecule has 0 radical (unpaired) electrons. The fourth-order valence-electron chi connectivity index (χ4n) is 2.07. The summed E-state index contributed by atoms with van der Waals surface area (Å²) in [4.78, 5) is 2.33. The first-order valence-electron chi connectivity index (χ1n) is 6.86. The topological polar surface area (TPSA) is 15.3 Å². The monoisotopic (exact) mass is 266 g/mol. The second-order valence-corrected chi connectivity index (χ2v) is 5.73. The van der Waals surface area contributed by atoms with Crippen molar-refractivity contribution in [2.24, 2.45) is 0 Å². The Balaban J connectivity index is 2.15. The number of hydrogen-bond donors (Lipinski definition) is 1. The predicted octanol–water partition coefficient (Wildman–Crippen LogP) is 3.83. The first-order chi connectivity index (χ1) is 8.61. The van der Waals surface area contributed by atoms with Gasteiger partial charge in [0.05, 0.1) is 0 Å². The minimum Gasteiger partial charge on any atom is -0.372 e. The van der Waals surface area contributed by atoms with Crippen molar-refractivity contribution < 1.29 is 0 Å². The van der Waals surface area contributed by atoms with Gasteiger partial charge in [-0.2, -0.15) is 0 Å². The molecule has 0 bridgehead atoms. The fourth-order valence-corrected chi connectivity index (χ4v) is 2.23. The van der Waals surface area contributed by atoms with Crippen LogP contribution in [0.1, 0.15) is 38.7 Å². The van der Waals surface area contributed by atoms with E-state index in [1.807, 2.05) is 6.07 Å². The minimum atomic E-state index is 0.531. The van der Waals surface area contributed by atoms with Gasteiger partial charge in [0.1, 0.15) is 0 Å². The summed E-state index contributed by atoms with van der Waals surface area (Å²) < 4.78 is 0. The highest BCUT2D eigenvalue weighted by Crippen LogP contribution is 2.27. The van der Waals surface area contributed by atoms with Crippen LogP contribution in [0.4, 0.5) is 5.69 Å². The zero-order chi connectivity index (χ0) is 13.1. The minimum absolute atomic E-state index is 0.531. The van der Waals surface area contributed by atoms with E-state index >= 15 is 0 Å². The molecule has 1 aromatic carbocycles. The maximum absolute atomic E-state index is 6.14. The molecule has 3 heteroatoms. The zero-order valence-electron chi connectivity index (χ0n) is 11.5. The molecule has 1 aromatic rings. The molecule has 0 aliphatic heterocycles. The molecule has 1 saturated carbocycles. The molecule has 1 N–H and O–H groups in total. The van der Waals surface area contributed by atoms with Crippen LogP contribution in [0.15, 0.2) is 18.2 Å². The first kappa shape index (κ1) is 13.7. The molecule has 0 amide bonds. The smallest absolute Gasteiger partial charge is 0.0426 e. The van der Waals surface area contributed by atoms with E-state index in [9.17, 15) is 0 Å². The van der Waals surface area contributed by atoms with Gasteiger partial charge in [-0.15, -0.1) is 0 Å². The normalized spacial score (nSPS) is 16.7. The maximum atomic E-state index is 6.14. The Morgan fingerprint density at radius 1 is 1.44 bits per heavy atom. The van der Waals surface area contributed by atoms with Gasteiger partial charge in [-0.3, -0.25) is 0 Å². The Morgan fingerprint density at radius 3 is 2.78 bits per heavy atom. The van der Waals surface area contributed by atoms with Crippen LogP contribution >= 0.6 is 11.6 Å². The number of anilines is 1. The van der Waals surface area contributed by atoms with Gasteiger partial charge in [0.15, 0.2) is 0 Å².